The zero-order chi connectivity index (χ0) is 15.8. The van der Waals surface area contributed by atoms with Crippen LogP contribution in [-0.2, 0) is 16.1 Å². The highest BCUT2D eigenvalue weighted by atomic mass is 16.4. The molecule has 1 aromatic heterocycles. The molecule has 1 fully saturated rings. The van der Waals surface area contributed by atoms with Crippen LogP contribution >= 0.6 is 0 Å². The van der Waals surface area contributed by atoms with Crippen molar-refractivity contribution in [1.29, 1.82) is 0 Å². The van der Waals surface area contributed by atoms with Gasteiger partial charge in [-0.1, -0.05) is 0 Å². The minimum atomic E-state index is -1.08. The first-order chi connectivity index (χ1) is 9.75. The largest absolute Gasteiger partial charge is 0.477 e. The third kappa shape index (κ3) is 2.63. The molecule has 1 aromatic rings. The standard InChI is InChI=1S/C14H19N3O4/c1-14(2)13(21)15(3)7-8-17(14)11(18)9-16-6-4-5-10(16)12(19)20/h4-6H,7-9H2,1-3H3,(H,19,20). The third-order valence-electron chi connectivity index (χ3n) is 3.86. The van der Waals surface area contributed by atoms with Crippen molar-refractivity contribution in [3.8, 4) is 0 Å². The van der Waals surface area contributed by atoms with Crippen molar-refractivity contribution in [2.75, 3.05) is 20.1 Å². The van der Waals surface area contributed by atoms with Gasteiger partial charge in [-0.05, 0) is 26.0 Å². The second-order valence-corrected chi connectivity index (χ2v) is 5.66. The highest BCUT2D eigenvalue weighted by Gasteiger charge is 2.42. The van der Waals surface area contributed by atoms with Crippen molar-refractivity contribution in [1.82, 2.24) is 14.4 Å². The molecule has 0 aromatic carbocycles. The van der Waals surface area contributed by atoms with Crippen LogP contribution in [0.25, 0.3) is 0 Å². The van der Waals surface area contributed by atoms with Crippen LogP contribution < -0.4 is 0 Å². The molecule has 0 atom stereocenters. The Labute approximate surface area is 122 Å². The summed E-state index contributed by atoms with van der Waals surface area (Å²) in [5.74, 6) is -1.46. The minimum absolute atomic E-state index is 0.0570. The Balaban J connectivity index is 2.18. The number of carboxylic acids is 1. The summed E-state index contributed by atoms with van der Waals surface area (Å²) in [6.07, 6.45) is 1.55. The quantitative estimate of drug-likeness (QED) is 0.867. The summed E-state index contributed by atoms with van der Waals surface area (Å²) >= 11 is 0. The molecule has 7 heteroatoms. The Kier molecular flexibility index (Phi) is 3.76. The normalized spacial score (nSPS) is 18.0. The molecule has 1 N–H and O–H groups in total. The van der Waals surface area contributed by atoms with Gasteiger partial charge in [0.25, 0.3) is 0 Å². The number of likely N-dealkylation sites (N-methyl/N-ethyl adjacent to an activating group) is 1. The molecule has 21 heavy (non-hydrogen) atoms. The minimum Gasteiger partial charge on any atom is -0.477 e. The van der Waals surface area contributed by atoms with Gasteiger partial charge in [-0.15, -0.1) is 0 Å². The molecule has 1 aliphatic rings. The van der Waals surface area contributed by atoms with Crippen LogP contribution in [0.4, 0.5) is 0 Å². The van der Waals surface area contributed by atoms with E-state index in [1.165, 1.54) is 15.5 Å². The van der Waals surface area contributed by atoms with Crippen LogP contribution in [0.5, 0.6) is 0 Å². The highest BCUT2D eigenvalue weighted by Crippen LogP contribution is 2.22. The fraction of sp³-hybridized carbons (Fsp3) is 0.500. The number of carbonyl (C=O) groups excluding carboxylic acids is 2. The van der Waals surface area contributed by atoms with Crippen LogP contribution in [0.15, 0.2) is 18.3 Å². The first-order valence-electron chi connectivity index (χ1n) is 6.69. The average molecular weight is 293 g/mol. The second-order valence-electron chi connectivity index (χ2n) is 5.66. The molecule has 0 spiro atoms. The van der Waals surface area contributed by atoms with Gasteiger partial charge in [0, 0.05) is 26.3 Å². The summed E-state index contributed by atoms with van der Waals surface area (Å²) in [4.78, 5) is 38.8. The van der Waals surface area contributed by atoms with E-state index >= 15 is 0 Å². The van der Waals surface area contributed by atoms with Crippen LogP contribution in [0.2, 0.25) is 0 Å². The van der Waals surface area contributed by atoms with Crippen molar-refractivity contribution in [2.45, 2.75) is 25.9 Å². The van der Waals surface area contributed by atoms with Gasteiger partial charge in [0.05, 0.1) is 0 Å². The summed E-state index contributed by atoms with van der Waals surface area (Å²) in [6.45, 7) is 4.24. The van der Waals surface area contributed by atoms with E-state index in [-0.39, 0.29) is 24.1 Å². The zero-order valence-electron chi connectivity index (χ0n) is 12.4. The van der Waals surface area contributed by atoms with Crippen molar-refractivity contribution in [3.05, 3.63) is 24.0 Å². The lowest BCUT2D eigenvalue weighted by Gasteiger charge is -2.44. The summed E-state index contributed by atoms with van der Waals surface area (Å²) in [5.41, 5.74) is -0.859. The monoisotopic (exact) mass is 293 g/mol. The van der Waals surface area contributed by atoms with E-state index < -0.39 is 11.5 Å². The Morgan fingerprint density at radius 2 is 2.00 bits per heavy atom. The number of aromatic carboxylic acids is 1. The number of amides is 2. The molecule has 2 heterocycles. The van der Waals surface area contributed by atoms with Crippen molar-refractivity contribution < 1.29 is 19.5 Å². The molecule has 114 valence electrons. The van der Waals surface area contributed by atoms with Gasteiger partial charge in [-0.25, -0.2) is 4.79 Å². The molecular formula is C14H19N3O4. The lowest BCUT2D eigenvalue weighted by molar-refractivity contribution is -0.157. The Bertz CT molecular complexity index is 591. The summed E-state index contributed by atoms with van der Waals surface area (Å²) in [7, 11) is 1.71. The molecule has 1 aliphatic heterocycles. The number of carbonyl (C=O) groups is 3. The second kappa shape index (κ2) is 5.23. The first kappa shape index (κ1) is 15.1. The van der Waals surface area contributed by atoms with Gasteiger partial charge < -0.3 is 19.5 Å². The molecule has 2 amide bonds. The number of hydrogen-bond acceptors (Lipinski definition) is 3. The average Bonchev–Trinajstić information content (AvgIpc) is 2.84. The van der Waals surface area contributed by atoms with Gasteiger partial charge in [-0.3, -0.25) is 9.59 Å². The molecule has 0 unspecified atom stereocenters. The maximum Gasteiger partial charge on any atom is 0.352 e. The Hall–Kier alpha value is -2.31. The number of aromatic nitrogens is 1. The summed E-state index contributed by atoms with van der Waals surface area (Å²) < 4.78 is 1.38. The van der Waals surface area contributed by atoms with Gasteiger partial charge in [0.15, 0.2) is 0 Å². The highest BCUT2D eigenvalue weighted by molar-refractivity contribution is 5.92. The van der Waals surface area contributed by atoms with Crippen LogP contribution in [-0.4, -0.2) is 62.9 Å². The van der Waals surface area contributed by atoms with Crippen molar-refractivity contribution >= 4 is 17.8 Å². The fourth-order valence-electron chi connectivity index (χ4n) is 2.63. The zero-order valence-corrected chi connectivity index (χ0v) is 12.4. The SMILES string of the molecule is CN1CCN(C(=O)Cn2cccc2C(=O)O)C(C)(C)C1=O. The van der Waals surface area contributed by atoms with E-state index in [0.717, 1.165) is 0 Å². The first-order valence-corrected chi connectivity index (χ1v) is 6.69. The third-order valence-corrected chi connectivity index (χ3v) is 3.86. The Morgan fingerprint density at radius 3 is 2.62 bits per heavy atom. The van der Waals surface area contributed by atoms with E-state index in [1.807, 2.05) is 0 Å². The summed E-state index contributed by atoms with van der Waals surface area (Å²) in [5, 5.41) is 9.05. The molecular weight excluding hydrogens is 274 g/mol. The Morgan fingerprint density at radius 1 is 1.33 bits per heavy atom. The molecule has 0 radical (unpaired) electrons. The number of carboxylic acid groups (broad SMARTS) is 1. The van der Waals surface area contributed by atoms with E-state index in [1.54, 1.807) is 38.1 Å². The lowest BCUT2D eigenvalue weighted by Crippen LogP contribution is -2.64. The maximum atomic E-state index is 12.4. The van der Waals surface area contributed by atoms with Gasteiger partial charge in [0.1, 0.15) is 17.8 Å². The number of rotatable bonds is 3. The topological polar surface area (TPSA) is 82.8 Å². The van der Waals surface area contributed by atoms with Crippen LogP contribution in [0, 0.1) is 0 Å². The maximum absolute atomic E-state index is 12.4. The molecule has 0 saturated carbocycles. The van der Waals surface area contributed by atoms with E-state index in [2.05, 4.69) is 0 Å². The van der Waals surface area contributed by atoms with Gasteiger partial charge in [0.2, 0.25) is 11.8 Å². The van der Waals surface area contributed by atoms with E-state index in [4.69, 9.17) is 5.11 Å². The van der Waals surface area contributed by atoms with Gasteiger partial charge >= 0.3 is 5.97 Å². The molecule has 1 saturated heterocycles. The molecule has 7 nitrogen and oxygen atoms in total. The fourth-order valence-corrected chi connectivity index (χ4v) is 2.63. The summed E-state index contributed by atoms with van der Waals surface area (Å²) in [6, 6.07) is 3.02. The molecule has 0 aliphatic carbocycles. The molecule has 2 rings (SSSR count). The lowest BCUT2D eigenvalue weighted by atomic mass is 9.97. The smallest absolute Gasteiger partial charge is 0.352 e. The van der Waals surface area contributed by atoms with E-state index in [9.17, 15) is 14.4 Å². The predicted molar refractivity (Wildman–Crippen MR) is 74.8 cm³/mol. The van der Waals surface area contributed by atoms with Crippen LogP contribution in [0.1, 0.15) is 24.3 Å². The van der Waals surface area contributed by atoms with Crippen LogP contribution in [0.3, 0.4) is 0 Å². The van der Waals surface area contributed by atoms with E-state index in [0.29, 0.717) is 13.1 Å². The molecule has 0 bridgehead atoms. The number of piperazine rings is 1. The number of nitrogens with zero attached hydrogens (tertiary/aromatic N) is 3. The van der Waals surface area contributed by atoms with Crippen molar-refractivity contribution in [3.63, 3.8) is 0 Å². The predicted octanol–water partition coefficient (Wildman–Crippen LogP) is 0.265. The number of hydrogen-bond donors (Lipinski definition) is 1. The van der Waals surface area contributed by atoms with Gasteiger partial charge in [-0.2, -0.15) is 0 Å². The van der Waals surface area contributed by atoms with Crippen molar-refractivity contribution in [2.24, 2.45) is 0 Å².